The monoisotopic (exact) mass is 306 g/mol. The minimum atomic E-state index is -0.152. The Morgan fingerprint density at radius 1 is 0.900 bits per heavy atom. The molecule has 2 aromatic rings. The average molecular weight is 307 g/mol. The maximum absolute atomic E-state index is 12.5. The highest BCUT2D eigenvalue weighted by molar-refractivity contribution is 6.41. The largest absolute Gasteiger partial charge is 0.288 e. The first kappa shape index (κ1) is 15.1. The summed E-state index contributed by atoms with van der Waals surface area (Å²) in [6.07, 6.45) is 0. The lowest BCUT2D eigenvalue weighted by atomic mass is 9.86. The second-order valence-electron chi connectivity index (χ2n) is 5.75. The van der Waals surface area contributed by atoms with Crippen molar-refractivity contribution in [1.29, 1.82) is 0 Å². The summed E-state index contributed by atoms with van der Waals surface area (Å²) in [4.78, 5) is 12.5. The Morgan fingerprint density at radius 2 is 1.40 bits per heavy atom. The standard InChI is InChI=1S/C17H16Cl2O/c1-17(2,3)12-9-7-11(8-10-12)16(20)15-13(18)5-4-6-14(15)19/h4-10H,1-3H3. The molecule has 2 rings (SSSR count). The van der Waals surface area contributed by atoms with Gasteiger partial charge in [0.1, 0.15) is 0 Å². The normalized spacial score (nSPS) is 11.4. The third-order valence-electron chi connectivity index (χ3n) is 3.20. The molecule has 0 heterocycles. The van der Waals surface area contributed by atoms with Gasteiger partial charge in [0.05, 0.1) is 15.6 Å². The minimum Gasteiger partial charge on any atom is -0.288 e. The van der Waals surface area contributed by atoms with Crippen LogP contribution >= 0.6 is 23.2 Å². The van der Waals surface area contributed by atoms with E-state index >= 15 is 0 Å². The molecule has 0 spiro atoms. The van der Waals surface area contributed by atoms with E-state index in [1.54, 1.807) is 18.2 Å². The van der Waals surface area contributed by atoms with Crippen LogP contribution in [0.5, 0.6) is 0 Å². The molecule has 20 heavy (non-hydrogen) atoms. The Labute approximate surface area is 129 Å². The summed E-state index contributed by atoms with van der Waals surface area (Å²) in [5.41, 5.74) is 2.19. The molecule has 0 radical (unpaired) electrons. The molecule has 2 aromatic carbocycles. The molecular weight excluding hydrogens is 291 g/mol. The Balaban J connectivity index is 2.40. The lowest BCUT2D eigenvalue weighted by molar-refractivity contribution is 0.103. The molecule has 0 aliphatic rings. The zero-order valence-electron chi connectivity index (χ0n) is 11.7. The van der Waals surface area contributed by atoms with Crippen molar-refractivity contribution in [3.05, 3.63) is 69.2 Å². The molecule has 0 atom stereocenters. The van der Waals surface area contributed by atoms with Crippen molar-refractivity contribution in [3.8, 4) is 0 Å². The van der Waals surface area contributed by atoms with Gasteiger partial charge in [0.2, 0.25) is 0 Å². The molecule has 0 fully saturated rings. The molecule has 0 unspecified atom stereocenters. The topological polar surface area (TPSA) is 17.1 Å². The van der Waals surface area contributed by atoms with Crippen LogP contribution in [0.1, 0.15) is 42.3 Å². The number of carbonyl (C=O) groups excluding carboxylic acids is 1. The first-order valence-electron chi connectivity index (χ1n) is 6.40. The van der Waals surface area contributed by atoms with Crippen LogP contribution in [0, 0.1) is 0 Å². The molecule has 0 aliphatic carbocycles. The quantitative estimate of drug-likeness (QED) is 0.667. The number of halogens is 2. The van der Waals surface area contributed by atoms with Crippen molar-refractivity contribution >= 4 is 29.0 Å². The van der Waals surface area contributed by atoms with Crippen LogP contribution < -0.4 is 0 Å². The lowest BCUT2D eigenvalue weighted by Gasteiger charge is -2.19. The van der Waals surface area contributed by atoms with Crippen molar-refractivity contribution < 1.29 is 4.79 Å². The van der Waals surface area contributed by atoms with Gasteiger partial charge in [-0.25, -0.2) is 0 Å². The summed E-state index contributed by atoms with van der Waals surface area (Å²) in [5.74, 6) is -0.152. The van der Waals surface area contributed by atoms with Gasteiger partial charge in [-0.2, -0.15) is 0 Å². The van der Waals surface area contributed by atoms with Crippen molar-refractivity contribution in [1.82, 2.24) is 0 Å². The van der Waals surface area contributed by atoms with Gasteiger partial charge in [-0.15, -0.1) is 0 Å². The van der Waals surface area contributed by atoms with Crippen LogP contribution in [0.2, 0.25) is 10.0 Å². The summed E-state index contributed by atoms with van der Waals surface area (Å²) in [7, 11) is 0. The third-order valence-corrected chi connectivity index (χ3v) is 3.83. The Hall–Kier alpha value is -1.31. The van der Waals surface area contributed by atoms with Crippen LogP contribution in [0.25, 0.3) is 0 Å². The molecule has 0 aliphatic heterocycles. The van der Waals surface area contributed by atoms with E-state index < -0.39 is 0 Å². The highest BCUT2D eigenvalue weighted by Crippen LogP contribution is 2.28. The molecule has 0 bridgehead atoms. The van der Waals surface area contributed by atoms with Gasteiger partial charge in [-0.05, 0) is 23.1 Å². The number of benzene rings is 2. The second-order valence-corrected chi connectivity index (χ2v) is 6.57. The molecule has 104 valence electrons. The first-order chi connectivity index (χ1) is 9.30. The van der Waals surface area contributed by atoms with Gasteiger partial charge in [0.25, 0.3) is 0 Å². The molecule has 0 saturated heterocycles. The second kappa shape index (κ2) is 5.59. The van der Waals surface area contributed by atoms with Crippen LogP contribution in [0.3, 0.4) is 0 Å². The van der Waals surface area contributed by atoms with E-state index in [9.17, 15) is 4.79 Å². The predicted molar refractivity (Wildman–Crippen MR) is 85.0 cm³/mol. The molecule has 0 amide bonds. The third kappa shape index (κ3) is 3.05. The summed E-state index contributed by atoms with van der Waals surface area (Å²) in [6.45, 7) is 6.40. The van der Waals surface area contributed by atoms with Crippen LogP contribution in [-0.2, 0) is 5.41 Å². The smallest absolute Gasteiger partial charge is 0.196 e. The van der Waals surface area contributed by atoms with Gasteiger partial charge in [0.15, 0.2) is 5.78 Å². The maximum Gasteiger partial charge on any atom is 0.196 e. The number of rotatable bonds is 2. The highest BCUT2D eigenvalue weighted by atomic mass is 35.5. The van der Waals surface area contributed by atoms with E-state index in [1.165, 1.54) is 5.56 Å². The van der Waals surface area contributed by atoms with Crippen LogP contribution in [0.4, 0.5) is 0 Å². The maximum atomic E-state index is 12.5. The lowest BCUT2D eigenvalue weighted by Crippen LogP contribution is -2.11. The number of carbonyl (C=O) groups is 1. The zero-order valence-corrected chi connectivity index (χ0v) is 13.2. The Kier molecular flexibility index (Phi) is 4.22. The van der Waals surface area contributed by atoms with E-state index in [1.807, 2.05) is 24.3 Å². The summed E-state index contributed by atoms with van der Waals surface area (Å²) in [6, 6.07) is 12.7. The molecule has 0 saturated carbocycles. The van der Waals surface area contributed by atoms with Gasteiger partial charge < -0.3 is 0 Å². The van der Waals surface area contributed by atoms with Gasteiger partial charge >= 0.3 is 0 Å². The van der Waals surface area contributed by atoms with Gasteiger partial charge in [0, 0.05) is 5.56 Å². The van der Waals surface area contributed by atoms with E-state index in [-0.39, 0.29) is 11.2 Å². The van der Waals surface area contributed by atoms with Crippen LogP contribution in [0.15, 0.2) is 42.5 Å². The van der Waals surface area contributed by atoms with Crippen molar-refractivity contribution in [2.24, 2.45) is 0 Å². The summed E-state index contributed by atoms with van der Waals surface area (Å²) >= 11 is 12.1. The number of hydrogen-bond donors (Lipinski definition) is 0. The SMILES string of the molecule is CC(C)(C)c1ccc(C(=O)c2c(Cl)cccc2Cl)cc1. The van der Waals surface area contributed by atoms with Gasteiger partial charge in [-0.3, -0.25) is 4.79 Å². The van der Waals surface area contributed by atoms with Crippen molar-refractivity contribution in [2.75, 3.05) is 0 Å². The fourth-order valence-electron chi connectivity index (χ4n) is 1.98. The Morgan fingerprint density at radius 3 is 1.85 bits per heavy atom. The number of ketones is 1. The van der Waals surface area contributed by atoms with Gasteiger partial charge in [-0.1, -0.05) is 74.3 Å². The van der Waals surface area contributed by atoms with E-state index in [0.29, 0.717) is 21.2 Å². The predicted octanol–water partition coefficient (Wildman–Crippen LogP) is 5.52. The fraction of sp³-hybridized carbons (Fsp3) is 0.235. The zero-order chi connectivity index (χ0) is 14.9. The van der Waals surface area contributed by atoms with E-state index in [4.69, 9.17) is 23.2 Å². The summed E-state index contributed by atoms with van der Waals surface area (Å²) in [5, 5.41) is 0.754. The molecule has 1 nitrogen and oxygen atoms in total. The molecule has 3 heteroatoms. The van der Waals surface area contributed by atoms with E-state index in [2.05, 4.69) is 20.8 Å². The first-order valence-corrected chi connectivity index (χ1v) is 7.15. The summed E-state index contributed by atoms with van der Waals surface area (Å²) < 4.78 is 0. The molecule has 0 N–H and O–H groups in total. The molecule has 0 aromatic heterocycles. The fourth-order valence-corrected chi connectivity index (χ4v) is 2.55. The van der Waals surface area contributed by atoms with Crippen molar-refractivity contribution in [2.45, 2.75) is 26.2 Å². The highest BCUT2D eigenvalue weighted by Gasteiger charge is 2.18. The Bertz CT molecular complexity index is 617. The average Bonchev–Trinajstić information content (AvgIpc) is 2.37. The number of hydrogen-bond acceptors (Lipinski definition) is 1. The van der Waals surface area contributed by atoms with E-state index in [0.717, 1.165) is 0 Å². The minimum absolute atomic E-state index is 0.0591. The van der Waals surface area contributed by atoms with Crippen molar-refractivity contribution in [3.63, 3.8) is 0 Å². The van der Waals surface area contributed by atoms with Crippen LogP contribution in [-0.4, -0.2) is 5.78 Å². The molecular formula is C17H16Cl2O.